The quantitative estimate of drug-likeness (QED) is 0.614. The van der Waals surface area contributed by atoms with Crippen molar-refractivity contribution in [1.82, 2.24) is 10.1 Å². The fourth-order valence-electron chi connectivity index (χ4n) is 3.98. The number of nitrogens with zero attached hydrogens (tertiary/aromatic N) is 2. The van der Waals surface area contributed by atoms with Gasteiger partial charge >= 0.3 is 0 Å². The highest BCUT2D eigenvalue weighted by atomic mass is 16.5. The molecule has 2 rings (SSSR count). The lowest BCUT2D eigenvalue weighted by Gasteiger charge is -2.48. The standard InChI is InChI=1S/C9H17NO2.C9H19NO.2CH4/c1-8(2)5-7(11)6-9(3,4)10(8)12;1-8(2)6-5-7-9(3,4)10(8)11;;/h12H,5-6H2,1-4H3;11H,5-7H2,1-4H3;2*1H4. The molecule has 2 aliphatic heterocycles. The lowest BCUT2D eigenvalue weighted by atomic mass is 9.81. The summed E-state index contributed by atoms with van der Waals surface area (Å²) in [7, 11) is 0. The SMILES string of the molecule is C.C.CC1(C)CC(=O)CC(C)(C)N1O.CC1(C)CCCC(C)(C)N1O. The summed E-state index contributed by atoms with van der Waals surface area (Å²) >= 11 is 0. The number of hydroxylamine groups is 4. The monoisotopic (exact) mass is 360 g/mol. The Bertz CT molecular complexity index is 406. The number of carbonyl (C=O) groups excluding carboxylic acids is 1. The number of ketones is 1. The Labute approximate surface area is 156 Å². The van der Waals surface area contributed by atoms with E-state index in [0.717, 1.165) is 12.8 Å². The van der Waals surface area contributed by atoms with E-state index in [1.165, 1.54) is 16.5 Å². The van der Waals surface area contributed by atoms with Gasteiger partial charge in [0.2, 0.25) is 0 Å². The minimum Gasteiger partial charge on any atom is -0.313 e. The van der Waals surface area contributed by atoms with E-state index in [0.29, 0.717) is 12.8 Å². The van der Waals surface area contributed by atoms with E-state index in [2.05, 4.69) is 27.7 Å². The predicted molar refractivity (Wildman–Crippen MR) is 105 cm³/mol. The number of carbonyl (C=O) groups is 1. The molecule has 0 saturated carbocycles. The molecule has 5 nitrogen and oxygen atoms in total. The van der Waals surface area contributed by atoms with Crippen molar-refractivity contribution in [3.8, 4) is 0 Å². The molecule has 0 aromatic carbocycles. The van der Waals surface area contributed by atoms with Crippen LogP contribution in [0.15, 0.2) is 0 Å². The molecule has 5 heteroatoms. The minimum absolute atomic E-state index is 0. The van der Waals surface area contributed by atoms with Crippen molar-refractivity contribution in [1.29, 1.82) is 0 Å². The van der Waals surface area contributed by atoms with Crippen LogP contribution < -0.4 is 0 Å². The first kappa shape index (κ1) is 26.7. The molecule has 0 radical (unpaired) electrons. The molecule has 0 aliphatic carbocycles. The molecule has 0 spiro atoms. The van der Waals surface area contributed by atoms with E-state index < -0.39 is 11.1 Å². The Morgan fingerprint density at radius 1 is 0.680 bits per heavy atom. The number of rotatable bonds is 0. The Kier molecular flexibility index (Phi) is 9.05. The zero-order valence-electron chi connectivity index (χ0n) is 16.2. The molecule has 0 amide bonds. The zero-order chi connectivity index (χ0) is 18.3. The summed E-state index contributed by atoms with van der Waals surface area (Å²) in [6.07, 6.45) is 4.27. The fraction of sp³-hybridized carbons (Fsp3) is 0.950. The second-order valence-electron chi connectivity index (χ2n) is 9.62. The summed E-state index contributed by atoms with van der Waals surface area (Å²) < 4.78 is 0. The van der Waals surface area contributed by atoms with Gasteiger partial charge in [0.1, 0.15) is 5.78 Å². The second kappa shape index (κ2) is 8.47. The topological polar surface area (TPSA) is 64.0 Å². The second-order valence-corrected chi connectivity index (χ2v) is 9.62. The summed E-state index contributed by atoms with van der Waals surface area (Å²) in [5.41, 5.74) is -0.916. The number of hydrogen-bond acceptors (Lipinski definition) is 5. The average Bonchev–Trinajstić information content (AvgIpc) is 2.32. The van der Waals surface area contributed by atoms with Crippen LogP contribution in [0.4, 0.5) is 0 Å². The van der Waals surface area contributed by atoms with Gasteiger partial charge in [-0.05, 0) is 74.7 Å². The van der Waals surface area contributed by atoms with Crippen molar-refractivity contribution in [2.24, 2.45) is 0 Å². The third-order valence-corrected chi connectivity index (χ3v) is 5.13. The molecule has 0 bridgehead atoms. The van der Waals surface area contributed by atoms with Gasteiger partial charge in [-0.25, -0.2) is 0 Å². The summed E-state index contributed by atoms with van der Waals surface area (Å²) in [6, 6.07) is 0. The Hall–Kier alpha value is -0.490. The van der Waals surface area contributed by atoms with Gasteiger partial charge in [0.15, 0.2) is 0 Å². The van der Waals surface area contributed by atoms with Crippen LogP contribution in [-0.2, 0) is 4.79 Å². The minimum atomic E-state index is -0.418. The summed E-state index contributed by atoms with van der Waals surface area (Å²) in [5.74, 6) is 0.232. The van der Waals surface area contributed by atoms with E-state index in [9.17, 15) is 15.2 Å². The molecule has 0 aromatic rings. The van der Waals surface area contributed by atoms with Crippen LogP contribution >= 0.6 is 0 Å². The first-order valence-corrected chi connectivity index (χ1v) is 8.62. The van der Waals surface area contributed by atoms with Crippen LogP contribution in [0.1, 0.15) is 102 Å². The van der Waals surface area contributed by atoms with Crippen molar-refractivity contribution < 1.29 is 15.2 Å². The van der Waals surface area contributed by atoms with Crippen LogP contribution in [0.25, 0.3) is 0 Å². The van der Waals surface area contributed by atoms with Crippen LogP contribution in [-0.4, -0.2) is 48.5 Å². The molecule has 2 aliphatic rings. The first-order chi connectivity index (χ1) is 10.1. The van der Waals surface area contributed by atoms with Crippen LogP contribution in [0.2, 0.25) is 0 Å². The smallest absolute Gasteiger partial charge is 0.136 e. The van der Waals surface area contributed by atoms with E-state index >= 15 is 0 Å². The Morgan fingerprint density at radius 3 is 1.24 bits per heavy atom. The number of Topliss-reactive ketones (excluding diaryl/α,β-unsaturated/α-hetero) is 1. The molecular weight excluding hydrogens is 316 g/mol. The van der Waals surface area contributed by atoms with E-state index in [-0.39, 0.29) is 31.7 Å². The maximum absolute atomic E-state index is 11.3. The highest BCUT2D eigenvalue weighted by Crippen LogP contribution is 2.36. The fourth-order valence-corrected chi connectivity index (χ4v) is 3.98. The van der Waals surface area contributed by atoms with Gasteiger partial charge in [-0.1, -0.05) is 14.9 Å². The van der Waals surface area contributed by atoms with Gasteiger partial charge in [-0.3, -0.25) is 4.79 Å². The molecule has 2 fully saturated rings. The van der Waals surface area contributed by atoms with Crippen LogP contribution in [0.3, 0.4) is 0 Å². The van der Waals surface area contributed by atoms with Crippen molar-refractivity contribution >= 4 is 5.78 Å². The third kappa shape index (κ3) is 6.31. The highest BCUT2D eigenvalue weighted by molar-refractivity contribution is 5.81. The van der Waals surface area contributed by atoms with Gasteiger partial charge in [-0.2, -0.15) is 10.1 Å². The molecule has 25 heavy (non-hydrogen) atoms. The predicted octanol–water partition coefficient (Wildman–Crippen LogP) is 5.29. The highest BCUT2D eigenvalue weighted by Gasteiger charge is 2.44. The molecule has 0 atom stereocenters. The van der Waals surface area contributed by atoms with Crippen molar-refractivity contribution in [3.63, 3.8) is 0 Å². The lowest BCUT2D eigenvalue weighted by molar-refractivity contribution is -0.241. The maximum atomic E-state index is 11.3. The van der Waals surface area contributed by atoms with E-state index in [4.69, 9.17) is 0 Å². The first-order valence-electron chi connectivity index (χ1n) is 8.62. The van der Waals surface area contributed by atoms with Gasteiger partial charge in [0.25, 0.3) is 0 Å². The largest absolute Gasteiger partial charge is 0.313 e. The third-order valence-electron chi connectivity index (χ3n) is 5.13. The molecule has 0 aromatic heterocycles. The Balaban J connectivity index is 0. The molecule has 2 saturated heterocycles. The normalized spacial score (nSPS) is 27.2. The number of hydrogen-bond donors (Lipinski definition) is 2. The van der Waals surface area contributed by atoms with Crippen molar-refractivity contribution in [3.05, 3.63) is 0 Å². The van der Waals surface area contributed by atoms with Gasteiger partial charge in [0.05, 0.1) is 0 Å². The average molecular weight is 361 g/mol. The molecule has 0 unspecified atom stereocenters. The van der Waals surface area contributed by atoms with Crippen LogP contribution in [0.5, 0.6) is 0 Å². The Morgan fingerprint density at radius 2 is 0.960 bits per heavy atom. The maximum Gasteiger partial charge on any atom is 0.136 e. The number of piperidine rings is 2. The van der Waals surface area contributed by atoms with Crippen molar-refractivity contribution in [2.75, 3.05) is 0 Å². The van der Waals surface area contributed by atoms with Gasteiger partial charge < -0.3 is 10.4 Å². The van der Waals surface area contributed by atoms with E-state index in [1.807, 2.05) is 27.7 Å². The van der Waals surface area contributed by atoms with Crippen LogP contribution in [0, 0.1) is 0 Å². The summed E-state index contributed by atoms with van der Waals surface area (Å²) in [6.45, 7) is 15.9. The van der Waals surface area contributed by atoms with E-state index in [1.54, 1.807) is 0 Å². The zero-order valence-corrected chi connectivity index (χ0v) is 16.2. The summed E-state index contributed by atoms with van der Waals surface area (Å²) in [5, 5.41) is 22.4. The summed E-state index contributed by atoms with van der Waals surface area (Å²) in [4.78, 5) is 11.3. The lowest BCUT2D eigenvalue weighted by Crippen LogP contribution is -2.59. The van der Waals surface area contributed by atoms with Gasteiger partial charge in [-0.15, -0.1) is 0 Å². The van der Waals surface area contributed by atoms with Crippen molar-refractivity contribution in [2.45, 2.75) is 125 Å². The molecule has 2 N–H and O–H groups in total. The molecular formula is C20H44N2O3. The van der Waals surface area contributed by atoms with Gasteiger partial charge in [0, 0.05) is 35.0 Å². The molecule has 2 heterocycles. The molecule has 152 valence electrons.